The molecule has 0 bridgehead atoms. The Morgan fingerprint density at radius 2 is 2.29 bits per heavy atom. The number of rotatable bonds is 7. The van der Waals surface area contributed by atoms with Crippen molar-refractivity contribution in [2.75, 3.05) is 19.7 Å². The van der Waals surface area contributed by atoms with Gasteiger partial charge in [0.1, 0.15) is 12.4 Å². The van der Waals surface area contributed by atoms with Gasteiger partial charge in [0, 0.05) is 12.6 Å². The Balaban J connectivity index is 1.82. The molecule has 0 aliphatic carbocycles. The Labute approximate surface area is 126 Å². The van der Waals surface area contributed by atoms with E-state index in [9.17, 15) is 4.79 Å². The monoisotopic (exact) mass is 291 g/mol. The molecule has 0 spiro atoms. The number of hydrogen-bond acceptors (Lipinski definition) is 3. The molecule has 1 aromatic carbocycles. The highest BCUT2D eigenvalue weighted by Gasteiger charge is 2.21. The zero-order chi connectivity index (χ0) is 15.1. The first-order valence-electron chi connectivity index (χ1n) is 7.91. The van der Waals surface area contributed by atoms with E-state index in [1.807, 2.05) is 6.07 Å². The average Bonchev–Trinajstić information content (AvgIpc) is 2.49. The van der Waals surface area contributed by atoms with Crippen molar-refractivity contribution in [3.8, 4) is 5.75 Å². The molecule has 1 aliphatic heterocycles. The second-order valence-corrected chi connectivity index (χ2v) is 5.66. The highest BCUT2D eigenvalue weighted by molar-refractivity contribution is 5.87. The molecule has 0 radical (unpaired) electrons. The molecule has 4 nitrogen and oxygen atoms in total. The van der Waals surface area contributed by atoms with E-state index in [1.54, 1.807) is 18.2 Å². The van der Waals surface area contributed by atoms with Crippen LogP contribution in [0.2, 0.25) is 0 Å². The predicted octanol–water partition coefficient (Wildman–Crippen LogP) is 3.42. The lowest BCUT2D eigenvalue weighted by Crippen LogP contribution is -2.41. The summed E-state index contributed by atoms with van der Waals surface area (Å²) in [5.74, 6) is -0.279. The van der Waals surface area contributed by atoms with Gasteiger partial charge in [0.25, 0.3) is 0 Å². The second kappa shape index (κ2) is 8.03. The van der Waals surface area contributed by atoms with E-state index >= 15 is 0 Å². The number of nitrogens with zero attached hydrogens (tertiary/aromatic N) is 1. The second-order valence-electron chi connectivity index (χ2n) is 5.66. The van der Waals surface area contributed by atoms with Crippen molar-refractivity contribution in [1.29, 1.82) is 0 Å². The van der Waals surface area contributed by atoms with Gasteiger partial charge in [-0.2, -0.15) is 0 Å². The Morgan fingerprint density at radius 3 is 3.05 bits per heavy atom. The van der Waals surface area contributed by atoms with Gasteiger partial charge in [-0.3, -0.25) is 4.90 Å². The molecule has 1 saturated heterocycles. The number of carbonyl (C=O) groups is 1. The number of carboxylic acids is 1. The molecule has 1 heterocycles. The van der Waals surface area contributed by atoms with Crippen LogP contribution in [0.5, 0.6) is 5.75 Å². The number of ether oxygens (including phenoxy) is 1. The standard InChI is InChI=1S/C17H25NO3/c1-2-6-15-8-3-4-10-18(15)11-12-21-16-9-5-7-14(13-16)17(19)20/h5,7,9,13,15H,2-4,6,8,10-12H2,1H3,(H,19,20). The van der Waals surface area contributed by atoms with Crippen LogP contribution in [-0.4, -0.2) is 41.7 Å². The summed E-state index contributed by atoms with van der Waals surface area (Å²) in [6, 6.07) is 7.39. The summed E-state index contributed by atoms with van der Waals surface area (Å²) in [6.07, 6.45) is 6.39. The zero-order valence-corrected chi connectivity index (χ0v) is 12.8. The molecule has 1 N–H and O–H groups in total. The lowest BCUT2D eigenvalue weighted by atomic mass is 9.98. The molecule has 1 aliphatic rings. The van der Waals surface area contributed by atoms with Gasteiger partial charge in [-0.15, -0.1) is 0 Å². The topological polar surface area (TPSA) is 49.8 Å². The van der Waals surface area contributed by atoms with Crippen LogP contribution in [-0.2, 0) is 0 Å². The van der Waals surface area contributed by atoms with Gasteiger partial charge in [-0.25, -0.2) is 4.79 Å². The van der Waals surface area contributed by atoms with E-state index in [4.69, 9.17) is 9.84 Å². The fraction of sp³-hybridized carbons (Fsp3) is 0.588. The van der Waals surface area contributed by atoms with Crippen molar-refractivity contribution in [2.45, 2.75) is 45.1 Å². The average molecular weight is 291 g/mol. The van der Waals surface area contributed by atoms with E-state index in [0.29, 0.717) is 18.4 Å². The summed E-state index contributed by atoms with van der Waals surface area (Å²) in [4.78, 5) is 13.4. The lowest BCUT2D eigenvalue weighted by Gasteiger charge is -2.35. The highest BCUT2D eigenvalue weighted by atomic mass is 16.5. The maximum atomic E-state index is 10.9. The minimum absolute atomic E-state index is 0.273. The molecule has 0 saturated carbocycles. The maximum absolute atomic E-state index is 10.9. The number of benzene rings is 1. The summed E-state index contributed by atoms with van der Waals surface area (Å²) in [5, 5.41) is 8.97. The summed E-state index contributed by atoms with van der Waals surface area (Å²) < 4.78 is 5.72. The summed E-state index contributed by atoms with van der Waals surface area (Å²) in [7, 11) is 0. The molecule has 21 heavy (non-hydrogen) atoms. The minimum Gasteiger partial charge on any atom is -0.492 e. The van der Waals surface area contributed by atoms with E-state index in [2.05, 4.69) is 11.8 Å². The number of hydrogen-bond donors (Lipinski definition) is 1. The summed E-state index contributed by atoms with van der Waals surface area (Å²) >= 11 is 0. The molecular weight excluding hydrogens is 266 g/mol. The minimum atomic E-state index is -0.917. The molecule has 2 rings (SSSR count). The molecule has 116 valence electrons. The van der Waals surface area contributed by atoms with Crippen LogP contribution in [0, 0.1) is 0 Å². The van der Waals surface area contributed by atoms with Crippen LogP contribution in [0.3, 0.4) is 0 Å². The Bertz CT molecular complexity index is 459. The third-order valence-corrected chi connectivity index (χ3v) is 4.10. The molecule has 1 atom stereocenters. The third-order valence-electron chi connectivity index (χ3n) is 4.10. The van der Waals surface area contributed by atoms with Gasteiger partial charge in [0.2, 0.25) is 0 Å². The smallest absolute Gasteiger partial charge is 0.335 e. The van der Waals surface area contributed by atoms with Gasteiger partial charge in [0.15, 0.2) is 0 Å². The van der Waals surface area contributed by atoms with Crippen LogP contribution in [0.1, 0.15) is 49.4 Å². The first-order valence-corrected chi connectivity index (χ1v) is 7.91. The fourth-order valence-electron chi connectivity index (χ4n) is 3.01. The van der Waals surface area contributed by atoms with Crippen LogP contribution in [0.4, 0.5) is 0 Å². The van der Waals surface area contributed by atoms with E-state index in [-0.39, 0.29) is 5.56 Å². The molecule has 1 aromatic rings. The first-order chi connectivity index (χ1) is 10.2. The van der Waals surface area contributed by atoms with E-state index in [0.717, 1.165) is 13.1 Å². The number of carboxylic acid groups (broad SMARTS) is 1. The third kappa shape index (κ3) is 4.74. The van der Waals surface area contributed by atoms with Crippen molar-refractivity contribution in [1.82, 2.24) is 4.90 Å². The zero-order valence-electron chi connectivity index (χ0n) is 12.8. The predicted molar refractivity (Wildman–Crippen MR) is 83.0 cm³/mol. The lowest BCUT2D eigenvalue weighted by molar-refractivity contribution is 0.0696. The normalized spacial score (nSPS) is 19.4. The van der Waals surface area contributed by atoms with Crippen molar-refractivity contribution < 1.29 is 14.6 Å². The quantitative estimate of drug-likeness (QED) is 0.836. The Kier molecular flexibility index (Phi) is 6.05. The van der Waals surface area contributed by atoms with Crippen LogP contribution in [0.25, 0.3) is 0 Å². The molecule has 1 unspecified atom stereocenters. The van der Waals surface area contributed by atoms with Crippen LogP contribution >= 0.6 is 0 Å². The Morgan fingerprint density at radius 1 is 1.43 bits per heavy atom. The molecule has 4 heteroatoms. The first kappa shape index (κ1) is 15.8. The van der Waals surface area contributed by atoms with Gasteiger partial charge in [-0.1, -0.05) is 25.8 Å². The van der Waals surface area contributed by atoms with E-state index < -0.39 is 5.97 Å². The number of likely N-dealkylation sites (tertiary alicyclic amines) is 1. The fourth-order valence-corrected chi connectivity index (χ4v) is 3.01. The van der Waals surface area contributed by atoms with Crippen LogP contribution < -0.4 is 4.74 Å². The van der Waals surface area contributed by atoms with Crippen molar-refractivity contribution >= 4 is 5.97 Å². The SMILES string of the molecule is CCCC1CCCCN1CCOc1cccc(C(=O)O)c1. The van der Waals surface area contributed by atoms with Crippen LogP contribution in [0.15, 0.2) is 24.3 Å². The summed E-state index contributed by atoms with van der Waals surface area (Å²) in [5.41, 5.74) is 0.273. The molecule has 0 amide bonds. The summed E-state index contributed by atoms with van der Waals surface area (Å²) in [6.45, 7) is 4.93. The van der Waals surface area contributed by atoms with Crippen molar-refractivity contribution in [2.24, 2.45) is 0 Å². The maximum Gasteiger partial charge on any atom is 0.335 e. The highest BCUT2D eigenvalue weighted by Crippen LogP contribution is 2.20. The Hall–Kier alpha value is -1.55. The molecular formula is C17H25NO3. The number of aromatic carboxylic acids is 1. The van der Waals surface area contributed by atoms with Gasteiger partial charge < -0.3 is 9.84 Å². The van der Waals surface area contributed by atoms with Gasteiger partial charge >= 0.3 is 5.97 Å². The van der Waals surface area contributed by atoms with Crippen molar-refractivity contribution in [3.05, 3.63) is 29.8 Å². The molecule has 0 aromatic heterocycles. The largest absolute Gasteiger partial charge is 0.492 e. The number of piperidine rings is 1. The van der Waals surface area contributed by atoms with Crippen molar-refractivity contribution in [3.63, 3.8) is 0 Å². The molecule has 1 fully saturated rings. The van der Waals surface area contributed by atoms with E-state index in [1.165, 1.54) is 32.1 Å². The van der Waals surface area contributed by atoms with Gasteiger partial charge in [0.05, 0.1) is 5.56 Å². The van der Waals surface area contributed by atoms with Gasteiger partial charge in [-0.05, 0) is 44.0 Å².